The predicted octanol–water partition coefficient (Wildman–Crippen LogP) is 11.4. The van der Waals surface area contributed by atoms with Crippen molar-refractivity contribution in [2.45, 2.75) is 0 Å². The SMILES string of the molecule is c1ccc2c(c1)-c1ccccc1[Si]21c2ccccc2N(c2ccc3c(ccc4nc5ccc6cc(N7c8ccccc8[Si]8(c9ccccc9-c9ccccc98)c8ccccc87)ccc6c5nc43)c2)c2ccccc21. The fourth-order valence-corrected chi connectivity index (χ4v) is 25.3. The van der Waals surface area contributed by atoms with E-state index in [-0.39, 0.29) is 0 Å². The zero-order chi connectivity index (χ0) is 48.3. The van der Waals surface area contributed by atoms with E-state index in [0.717, 1.165) is 55.0 Å². The van der Waals surface area contributed by atoms with E-state index in [0.29, 0.717) is 0 Å². The van der Waals surface area contributed by atoms with Gasteiger partial charge in [0.2, 0.25) is 0 Å². The Morgan fingerprint density at radius 3 is 0.892 bits per heavy atom. The molecule has 0 bridgehead atoms. The van der Waals surface area contributed by atoms with Crippen LogP contribution in [0.5, 0.6) is 0 Å². The van der Waals surface area contributed by atoms with Crippen LogP contribution in [0.15, 0.2) is 255 Å². The minimum Gasteiger partial charge on any atom is -0.311 e. The second kappa shape index (κ2) is 14.7. The molecule has 0 amide bonds. The van der Waals surface area contributed by atoms with Crippen LogP contribution in [0, 0.1) is 0 Å². The number of fused-ring (bicyclic) bond motifs is 24. The lowest BCUT2D eigenvalue weighted by atomic mass is 10.0. The maximum Gasteiger partial charge on any atom is 0.185 e. The average molecular weight is 971 g/mol. The highest BCUT2D eigenvalue weighted by Gasteiger charge is 2.55. The largest absolute Gasteiger partial charge is 0.311 e. The highest BCUT2D eigenvalue weighted by molar-refractivity contribution is 7.24. The number of anilines is 6. The van der Waals surface area contributed by atoms with Gasteiger partial charge in [-0.15, -0.1) is 0 Å². The lowest BCUT2D eigenvalue weighted by molar-refractivity contribution is 1.29. The third-order valence-electron chi connectivity index (χ3n) is 17.0. The molecule has 4 aliphatic heterocycles. The molecule has 0 aliphatic carbocycles. The van der Waals surface area contributed by atoms with Crippen LogP contribution in [-0.4, -0.2) is 26.1 Å². The van der Waals surface area contributed by atoms with Gasteiger partial charge >= 0.3 is 0 Å². The van der Waals surface area contributed by atoms with Gasteiger partial charge in [0.15, 0.2) is 16.1 Å². The van der Waals surface area contributed by atoms with Crippen molar-refractivity contribution in [3.05, 3.63) is 255 Å². The Morgan fingerprint density at radius 1 is 0.257 bits per heavy atom. The summed E-state index contributed by atoms with van der Waals surface area (Å²) in [6.07, 6.45) is 0. The summed E-state index contributed by atoms with van der Waals surface area (Å²) in [5.41, 5.74) is 16.3. The van der Waals surface area contributed by atoms with E-state index >= 15 is 0 Å². The van der Waals surface area contributed by atoms with Gasteiger partial charge in [-0.25, -0.2) is 9.97 Å². The second-order valence-corrected chi connectivity index (χ2v) is 27.6. The van der Waals surface area contributed by atoms with Crippen molar-refractivity contribution in [1.82, 2.24) is 9.97 Å². The smallest absolute Gasteiger partial charge is 0.185 e. The summed E-state index contributed by atoms with van der Waals surface area (Å²) in [5.74, 6) is 0. The number of aromatic nitrogens is 2. The number of para-hydroxylation sites is 4. The molecular formula is C68H42N4Si2. The predicted molar refractivity (Wildman–Crippen MR) is 314 cm³/mol. The molecule has 6 heteroatoms. The topological polar surface area (TPSA) is 32.3 Å². The molecule has 74 heavy (non-hydrogen) atoms. The van der Waals surface area contributed by atoms with Crippen LogP contribution in [0.25, 0.3) is 65.9 Å². The summed E-state index contributed by atoms with van der Waals surface area (Å²) in [4.78, 5) is 15.9. The van der Waals surface area contributed by atoms with E-state index in [1.54, 1.807) is 0 Å². The molecule has 12 aromatic carbocycles. The fraction of sp³-hybridized carbons (Fsp3) is 0. The first-order valence-corrected chi connectivity index (χ1v) is 29.7. The minimum absolute atomic E-state index is 0.892. The summed E-state index contributed by atoms with van der Waals surface area (Å²) >= 11 is 0. The molecule has 0 atom stereocenters. The normalized spacial score (nSPS) is 14.6. The monoisotopic (exact) mass is 970 g/mol. The maximum absolute atomic E-state index is 5.57. The first kappa shape index (κ1) is 40.4. The summed E-state index contributed by atoms with van der Waals surface area (Å²) in [6.45, 7) is 0. The van der Waals surface area contributed by atoms with Gasteiger partial charge in [0.25, 0.3) is 0 Å². The Balaban J connectivity index is 0.803. The number of hydrogen-bond acceptors (Lipinski definition) is 4. The lowest BCUT2D eigenvalue weighted by Gasteiger charge is -2.43. The van der Waals surface area contributed by atoms with Crippen LogP contribution < -0.4 is 51.3 Å². The molecule has 5 heterocycles. The third kappa shape index (κ3) is 5.01. The molecule has 2 spiro atoms. The Hall–Kier alpha value is -9.21. The van der Waals surface area contributed by atoms with E-state index in [9.17, 15) is 0 Å². The molecule has 0 N–H and O–H groups in total. The summed E-state index contributed by atoms with van der Waals surface area (Å²) in [6, 6.07) is 95.8. The van der Waals surface area contributed by atoms with Crippen LogP contribution >= 0.6 is 0 Å². The summed E-state index contributed by atoms with van der Waals surface area (Å²) in [7, 11) is -5.30. The van der Waals surface area contributed by atoms with Gasteiger partial charge in [-0.1, -0.05) is 194 Å². The van der Waals surface area contributed by atoms with Gasteiger partial charge in [-0.05, 0) is 135 Å². The second-order valence-electron chi connectivity index (χ2n) is 20.3. The highest BCUT2D eigenvalue weighted by atomic mass is 28.3. The maximum atomic E-state index is 5.57. The average Bonchev–Trinajstić information content (AvgIpc) is 4.08. The van der Waals surface area contributed by atoms with Gasteiger partial charge in [0.05, 0.1) is 22.1 Å². The van der Waals surface area contributed by atoms with Gasteiger partial charge in [-0.3, -0.25) is 0 Å². The third-order valence-corrected chi connectivity index (χ3v) is 26.9. The van der Waals surface area contributed by atoms with Crippen molar-refractivity contribution in [1.29, 1.82) is 0 Å². The number of hydrogen-bond donors (Lipinski definition) is 0. The molecule has 0 radical (unpaired) electrons. The summed E-state index contributed by atoms with van der Waals surface area (Å²) in [5, 5.41) is 16.0. The van der Waals surface area contributed by atoms with Crippen LogP contribution in [-0.2, 0) is 0 Å². The van der Waals surface area contributed by atoms with Crippen molar-refractivity contribution in [3.63, 3.8) is 0 Å². The molecule has 4 nitrogen and oxygen atoms in total. The summed E-state index contributed by atoms with van der Waals surface area (Å²) < 4.78 is 0. The van der Waals surface area contributed by atoms with Crippen molar-refractivity contribution in [3.8, 4) is 22.3 Å². The molecule has 13 aromatic rings. The number of rotatable bonds is 2. The molecule has 0 unspecified atom stereocenters. The van der Waals surface area contributed by atoms with Crippen LogP contribution in [0.2, 0.25) is 0 Å². The number of benzene rings is 12. The Kier molecular flexibility index (Phi) is 8.03. The van der Waals surface area contributed by atoms with E-state index in [2.05, 4.69) is 265 Å². The van der Waals surface area contributed by atoms with Gasteiger partial charge in [0, 0.05) is 44.9 Å². The quantitative estimate of drug-likeness (QED) is 0.0982. The number of nitrogens with zero attached hydrogens (tertiary/aromatic N) is 4. The standard InChI is InChI=1S/C68H42N4Si2/c1-9-25-59-49(17-1)50-18-2-10-26-60(50)73(59)63-29-13-5-21-55(63)71(56-22-6-14-30-64(56)73)45-35-37-47-43(41-45)33-39-53-67(47)70-68-48-38-36-46(42-44(48)34-40-54(68)69-53)72-57-23-7-15-31-65(57)74(66-32-16-8-24-58(66)72)61-27-11-3-19-51(61)52-20-4-12-28-62(52)74/h1-42H. The molecule has 0 saturated carbocycles. The van der Waals surface area contributed by atoms with Gasteiger partial charge in [0.1, 0.15) is 0 Å². The van der Waals surface area contributed by atoms with Gasteiger partial charge < -0.3 is 9.80 Å². The highest BCUT2D eigenvalue weighted by Crippen LogP contribution is 2.45. The van der Waals surface area contributed by atoms with E-state index in [1.165, 1.54) is 86.5 Å². The molecule has 0 saturated heterocycles. The van der Waals surface area contributed by atoms with Crippen molar-refractivity contribution in [2.75, 3.05) is 9.80 Å². The van der Waals surface area contributed by atoms with E-state index < -0.39 is 16.1 Å². The molecule has 0 fully saturated rings. The van der Waals surface area contributed by atoms with Crippen molar-refractivity contribution >= 4 is 135 Å². The Bertz CT molecular complexity index is 4140. The van der Waals surface area contributed by atoms with Crippen LogP contribution in [0.4, 0.5) is 34.1 Å². The van der Waals surface area contributed by atoms with E-state index in [1.807, 2.05) is 0 Å². The molecule has 342 valence electrons. The molecule has 17 rings (SSSR count). The van der Waals surface area contributed by atoms with Gasteiger partial charge in [-0.2, -0.15) is 0 Å². The Morgan fingerprint density at radius 2 is 0.554 bits per heavy atom. The van der Waals surface area contributed by atoms with Crippen molar-refractivity contribution < 1.29 is 0 Å². The fourth-order valence-electron chi connectivity index (χ4n) is 14.2. The first-order valence-electron chi connectivity index (χ1n) is 25.7. The first-order chi connectivity index (χ1) is 36.7. The van der Waals surface area contributed by atoms with Crippen LogP contribution in [0.1, 0.15) is 0 Å². The zero-order valence-electron chi connectivity index (χ0n) is 40.0. The van der Waals surface area contributed by atoms with E-state index in [4.69, 9.17) is 9.97 Å². The minimum atomic E-state index is -2.65. The molecule has 4 aliphatic rings. The lowest BCUT2D eigenvalue weighted by Crippen LogP contribution is -2.75. The zero-order valence-corrected chi connectivity index (χ0v) is 42.0. The molecular weight excluding hydrogens is 929 g/mol. The molecule has 1 aromatic heterocycles. The van der Waals surface area contributed by atoms with Crippen LogP contribution in [0.3, 0.4) is 0 Å². The van der Waals surface area contributed by atoms with Crippen molar-refractivity contribution in [2.24, 2.45) is 0 Å². The Labute approximate surface area is 429 Å².